The Kier molecular flexibility index (Phi) is 5.01. The molecule has 19 heavy (non-hydrogen) atoms. The molecule has 0 bridgehead atoms. The van der Waals surface area contributed by atoms with Crippen LogP contribution in [-0.4, -0.2) is 16.7 Å². The summed E-state index contributed by atoms with van der Waals surface area (Å²) in [4.78, 5) is 4.63. The van der Waals surface area contributed by atoms with Crippen LogP contribution < -0.4 is 9.47 Å². The minimum Gasteiger partial charge on any atom is -0.490 e. The number of aromatic nitrogens is 1. The molecule has 2 rings (SSSR count). The topological polar surface area (TPSA) is 51.6 Å². The maximum atomic E-state index is 9.07. The van der Waals surface area contributed by atoms with E-state index in [9.17, 15) is 0 Å². The van der Waals surface area contributed by atoms with E-state index in [0.717, 1.165) is 6.42 Å². The van der Waals surface area contributed by atoms with Crippen molar-refractivity contribution in [1.29, 1.82) is 0 Å². The van der Waals surface area contributed by atoms with Gasteiger partial charge in [-0.25, -0.2) is 0 Å². The molecule has 102 valence electrons. The first-order valence-corrected chi connectivity index (χ1v) is 7.09. The maximum Gasteiger partial charge on any atom is 0.280 e. The highest BCUT2D eigenvalue weighted by Gasteiger charge is 2.12. The van der Waals surface area contributed by atoms with Crippen LogP contribution in [0.2, 0.25) is 5.15 Å². The summed E-state index contributed by atoms with van der Waals surface area (Å²) in [5, 5.41) is 9.74. The first kappa shape index (κ1) is 14.1. The standard InChI is InChI=1S/C13H14ClNO3S/c1-2-7-17-9-5-3-4-6-10(9)18-13-15-12(14)11(8-16)19-13/h3-6,16H,2,7-8H2,1H3. The summed E-state index contributed by atoms with van der Waals surface area (Å²) in [5.41, 5.74) is 0. The summed E-state index contributed by atoms with van der Waals surface area (Å²) < 4.78 is 11.2. The Morgan fingerprint density at radius 1 is 1.32 bits per heavy atom. The predicted molar refractivity (Wildman–Crippen MR) is 75.3 cm³/mol. The molecule has 1 N–H and O–H groups in total. The molecule has 0 amide bonds. The smallest absolute Gasteiger partial charge is 0.280 e. The van der Waals surface area contributed by atoms with E-state index in [1.807, 2.05) is 25.1 Å². The zero-order valence-electron chi connectivity index (χ0n) is 10.4. The molecule has 0 spiro atoms. The summed E-state index contributed by atoms with van der Waals surface area (Å²) in [6, 6.07) is 7.38. The van der Waals surface area contributed by atoms with Crippen LogP contribution in [-0.2, 0) is 6.61 Å². The fourth-order valence-corrected chi connectivity index (χ4v) is 2.39. The monoisotopic (exact) mass is 299 g/mol. The lowest BCUT2D eigenvalue weighted by atomic mass is 10.3. The van der Waals surface area contributed by atoms with E-state index in [-0.39, 0.29) is 11.8 Å². The largest absolute Gasteiger partial charge is 0.490 e. The average Bonchev–Trinajstić information content (AvgIpc) is 2.78. The van der Waals surface area contributed by atoms with Crippen LogP contribution in [0.5, 0.6) is 16.7 Å². The van der Waals surface area contributed by atoms with Gasteiger partial charge in [0.15, 0.2) is 11.5 Å². The Bertz CT molecular complexity index is 544. The molecule has 0 aliphatic heterocycles. The number of aliphatic hydroxyl groups excluding tert-OH is 1. The van der Waals surface area contributed by atoms with Gasteiger partial charge in [0.1, 0.15) is 5.15 Å². The number of para-hydroxylation sites is 2. The Balaban J connectivity index is 2.17. The zero-order chi connectivity index (χ0) is 13.7. The van der Waals surface area contributed by atoms with Crippen molar-refractivity contribution in [2.45, 2.75) is 20.0 Å². The number of rotatable bonds is 6. The summed E-state index contributed by atoms with van der Waals surface area (Å²) in [5.74, 6) is 1.26. The molecule has 1 aromatic heterocycles. The van der Waals surface area contributed by atoms with Gasteiger partial charge in [-0.05, 0) is 18.6 Å². The number of hydrogen-bond acceptors (Lipinski definition) is 5. The van der Waals surface area contributed by atoms with Crippen molar-refractivity contribution in [2.24, 2.45) is 0 Å². The van der Waals surface area contributed by atoms with E-state index in [1.165, 1.54) is 11.3 Å². The van der Waals surface area contributed by atoms with Crippen molar-refractivity contribution < 1.29 is 14.6 Å². The fraction of sp³-hybridized carbons (Fsp3) is 0.308. The summed E-state index contributed by atoms with van der Waals surface area (Å²) >= 11 is 7.08. The van der Waals surface area contributed by atoms with Crippen molar-refractivity contribution >= 4 is 22.9 Å². The van der Waals surface area contributed by atoms with Crippen LogP contribution in [0.25, 0.3) is 0 Å². The van der Waals surface area contributed by atoms with Crippen molar-refractivity contribution in [3.05, 3.63) is 34.3 Å². The number of thiazole rings is 1. The Morgan fingerprint density at radius 3 is 2.68 bits per heavy atom. The van der Waals surface area contributed by atoms with Crippen LogP contribution in [0.15, 0.2) is 24.3 Å². The predicted octanol–water partition coefficient (Wildman–Crippen LogP) is 3.87. The van der Waals surface area contributed by atoms with Crippen molar-refractivity contribution in [3.63, 3.8) is 0 Å². The third-order valence-corrected chi connectivity index (χ3v) is 3.62. The molecule has 0 atom stereocenters. The SMILES string of the molecule is CCCOc1ccccc1Oc1nc(Cl)c(CO)s1. The molecule has 0 saturated heterocycles. The molecule has 0 fully saturated rings. The van der Waals surface area contributed by atoms with E-state index in [0.29, 0.717) is 28.2 Å². The molecule has 1 aromatic carbocycles. The molecular formula is C13H14ClNO3S. The number of aliphatic hydroxyl groups is 1. The molecule has 0 aliphatic carbocycles. The molecule has 0 aliphatic rings. The minimum absolute atomic E-state index is 0.145. The Hall–Kier alpha value is -1.30. The van der Waals surface area contributed by atoms with E-state index in [4.69, 9.17) is 26.2 Å². The van der Waals surface area contributed by atoms with E-state index in [2.05, 4.69) is 4.98 Å². The highest BCUT2D eigenvalue weighted by atomic mass is 35.5. The van der Waals surface area contributed by atoms with Crippen molar-refractivity contribution in [2.75, 3.05) is 6.61 Å². The van der Waals surface area contributed by atoms with Gasteiger partial charge in [-0.1, -0.05) is 42.0 Å². The van der Waals surface area contributed by atoms with Gasteiger partial charge >= 0.3 is 0 Å². The van der Waals surface area contributed by atoms with Gasteiger partial charge in [0.2, 0.25) is 0 Å². The van der Waals surface area contributed by atoms with Crippen LogP contribution in [0.1, 0.15) is 18.2 Å². The van der Waals surface area contributed by atoms with Crippen LogP contribution in [0.3, 0.4) is 0 Å². The molecule has 2 aromatic rings. The van der Waals surface area contributed by atoms with E-state index < -0.39 is 0 Å². The second kappa shape index (κ2) is 6.75. The molecule has 0 radical (unpaired) electrons. The number of nitrogens with zero attached hydrogens (tertiary/aromatic N) is 1. The van der Waals surface area contributed by atoms with Crippen LogP contribution >= 0.6 is 22.9 Å². The molecule has 1 heterocycles. The molecule has 0 unspecified atom stereocenters. The van der Waals surface area contributed by atoms with Gasteiger partial charge in [-0.15, -0.1) is 0 Å². The maximum absolute atomic E-state index is 9.07. The number of ether oxygens (including phenoxy) is 2. The Labute approximate surface area is 120 Å². The van der Waals surface area contributed by atoms with Gasteiger partial charge in [0.25, 0.3) is 5.19 Å². The molecule has 4 nitrogen and oxygen atoms in total. The van der Waals surface area contributed by atoms with Gasteiger partial charge < -0.3 is 14.6 Å². The van der Waals surface area contributed by atoms with E-state index in [1.54, 1.807) is 6.07 Å². The molecule has 6 heteroatoms. The summed E-state index contributed by atoms with van der Waals surface area (Å²) in [7, 11) is 0. The zero-order valence-corrected chi connectivity index (χ0v) is 12.0. The van der Waals surface area contributed by atoms with Gasteiger partial charge in [0.05, 0.1) is 18.1 Å². The lowest BCUT2D eigenvalue weighted by Gasteiger charge is -2.09. The second-order valence-corrected chi connectivity index (χ2v) is 5.15. The molecular weight excluding hydrogens is 286 g/mol. The number of halogens is 1. The highest BCUT2D eigenvalue weighted by Crippen LogP contribution is 2.36. The summed E-state index contributed by atoms with van der Waals surface area (Å²) in [6.45, 7) is 2.52. The highest BCUT2D eigenvalue weighted by molar-refractivity contribution is 7.13. The minimum atomic E-state index is -0.145. The van der Waals surface area contributed by atoms with Crippen molar-refractivity contribution in [3.8, 4) is 16.7 Å². The third-order valence-electron chi connectivity index (χ3n) is 2.28. The van der Waals surface area contributed by atoms with Crippen LogP contribution in [0, 0.1) is 0 Å². The van der Waals surface area contributed by atoms with Gasteiger partial charge in [-0.2, -0.15) is 4.98 Å². The van der Waals surface area contributed by atoms with Gasteiger partial charge in [0, 0.05) is 0 Å². The van der Waals surface area contributed by atoms with E-state index >= 15 is 0 Å². The van der Waals surface area contributed by atoms with Gasteiger partial charge in [-0.3, -0.25) is 0 Å². The first-order valence-electron chi connectivity index (χ1n) is 5.90. The molecule has 0 saturated carbocycles. The normalized spacial score (nSPS) is 10.5. The first-order chi connectivity index (χ1) is 9.24. The quantitative estimate of drug-likeness (QED) is 0.879. The second-order valence-electron chi connectivity index (χ2n) is 3.75. The van der Waals surface area contributed by atoms with Crippen molar-refractivity contribution in [1.82, 2.24) is 4.98 Å². The lowest BCUT2D eigenvalue weighted by Crippen LogP contribution is -1.97. The fourth-order valence-electron chi connectivity index (χ4n) is 1.41. The average molecular weight is 300 g/mol. The van der Waals surface area contributed by atoms with Crippen LogP contribution in [0.4, 0.5) is 0 Å². The Morgan fingerprint density at radius 2 is 2.05 bits per heavy atom. The third kappa shape index (κ3) is 3.59. The number of hydrogen-bond donors (Lipinski definition) is 1. The number of benzene rings is 1. The summed E-state index contributed by atoms with van der Waals surface area (Å²) in [6.07, 6.45) is 0.923. The lowest BCUT2D eigenvalue weighted by molar-refractivity contribution is 0.285.